The highest BCUT2D eigenvalue weighted by atomic mass is 16.5. The number of esters is 1. The van der Waals surface area contributed by atoms with Crippen LogP contribution in [0.2, 0.25) is 0 Å². The average Bonchev–Trinajstić information content (AvgIpc) is 2.85. The minimum absolute atomic E-state index is 0.186. The molecule has 0 aliphatic heterocycles. The number of hydrogen-bond donors (Lipinski definition) is 1. The lowest BCUT2D eigenvalue weighted by molar-refractivity contribution is -0.145. The van der Waals surface area contributed by atoms with E-state index < -0.39 is 22.8 Å². The summed E-state index contributed by atoms with van der Waals surface area (Å²) < 4.78 is 6.20. The first-order chi connectivity index (χ1) is 11.8. The van der Waals surface area contributed by atoms with Crippen LogP contribution in [0.1, 0.15) is 25.1 Å². The smallest absolute Gasteiger partial charge is 0.330 e. The molecular formula is C19H20N2O4. The Hall–Kier alpha value is -2.99. The van der Waals surface area contributed by atoms with Crippen LogP contribution in [-0.2, 0) is 27.3 Å². The van der Waals surface area contributed by atoms with E-state index in [9.17, 15) is 20.0 Å². The van der Waals surface area contributed by atoms with Crippen LogP contribution in [0.3, 0.4) is 0 Å². The maximum Gasteiger partial charge on any atom is 0.330 e. The van der Waals surface area contributed by atoms with Gasteiger partial charge in [-0.15, -0.1) is 6.42 Å². The molecule has 0 amide bonds. The highest BCUT2D eigenvalue weighted by Crippen LogP contribution is 2.71. The van der Waals surface area contributed by atoms with Crippen LogP contribution >= 0.6 is 0 Å². The first kappa shape index (κ1) is 18.4. The first-order valence-electron chi connectivity index (χ1n) is 7.77. The van der Waals surface area contributed by atoms with E-state index in [0.717, 1.165) is 0 Å². The number of terminal acetylenes is 1. The van der Waals surface area contributed by atoms with Gasteiger partial charge >= 0.3 is 11.9 Å². The molecule has 130 valence electrons. The number of nitriles is 1. The van der Waals surface area contributed by atoms with Crippen molar-refractivity contribution in [2.75, 3.05) is 7.11 Å². The molecule has 1 aliphatic carbocycles. The fraction of sp³-hybridized carbons (Fsp3) is 0.421. The molecule has 1 N–H and O–H groups in total. The summed E-state index contributed by atoms with van der Waals surface area (Å²) in [4.78, 5) is 23.4. The predicted octanol–water partition coefficient (Wildman–Crippen LogP) is 1.99. The molecule has 2 atom stereocenters. The third-order valence-electron chi connectivity index (χ3n) is 5.27. The van der Waals surface area contributed by atoms with E-state index in [1.165, 1.54) is 13.2 Å². The quantitative estimate of drug-likeness (QED) is 0.486. The number of carbonyl (C=O) groups is 2. The Morgan fingerprint density at radius 1 is 1.52 bits per heavy atom. The maximum absolute atomic E-state index is 12.1. The number of carboxylic acids is 1. The van der Waals surface area contributed by atoms with E-state index in [4.69, 9.17) is 6.42 Å². The van der Waals surface area contributed by atoms with Crippen LogP contribution < -0.4 is 0 Å². The van der Waals surface area contributed by atoms with Crippen LogP contribution in [0.25, 0.3) is 0 Å². The molecule has 1 aromatic heterocycles. The van der Waals surface area contributed by atoms with E-state index in [1.54, 1.807) is 22.9 Å². The molecule has 2 rings (SSSR count). The molecule has 1 aromatic rings. The second-order valence-electron chi connectivity index (χ2n) is 6.67. The van der Waals surface area contributed by atoms with E-state index in [2.05, 4.69) is 16.7 Å². The number of rotatable bonds is 6. The molecule has 6 nitrogen and oxygen atoms in total. The van der Waals surface area contributed by atoms with Crippen molar-refractivity contribution in [1.29, 1.82) is 5.26 Å². The van der Waals surface area contributed by atoms with Crippen molar-refractivity contribution in [1.82, 2.24) is 4.57 Å². The Labute approximate surface area is 146 Å². The molecule has 0 radical (unpaired) electrons. The summed E-state index contributed by atoms with van der Waals surface area (Å²) in [5, 5.41) is 19.3. The zero-order valence-corrected chi connectivity index (χ0v) is 14.4. The van der Waals surface area contributed by atoms with Crippen LogP contribution in [0.4, 0.5) is 0 Å². The zero-order valence-electron chi connectivity index (χ0n) is 14.4. The minimum Gasteiger partial charge on any atom is -0.481 e. The molecule has 1 unspecified atom stereocenters. The summed E-state index contributed by atoms with van der Waals surface area (Å²) in [6, 6.07) is 3.83. The Kier molecular flexibility index (Phi) is 4.76. The fourth-order valence-corrected chi connectivity index (χ4v) is 3.69. The number of allylic oxidation sites excluding steroid dienone is 1. The number of nitrogens with zero attached hydrogens (tertiary/aromatic N) is 2. The lowest BCUT2D eigenvalue weighted by Gasteiger charge is -2.15. The van der Waals surface area contributed by atoms with E-state index in [-0.39, 0.29) is 18.9 Å². The van der Waals surface area contributed by atoms with Crippen molar-refractivity contribution in [3.8, 4) is 18.4 Å². The monoisotopic (exact) mass is 340 g/mol. The molecule has 1 heterocycles. The molecule has 25 heavy (non-hydrogen) atoms. The Morgan fingerprint density at radius 3 is 2.72 bits per heavy atom. The van der Waals surface area contributed by atoms with Gasteiger partial charge in [0.15, 0.2) is 0 Å². The van der Waals surface area contributed by atoms with Gasteiger partial charge < -0.3 is 14.4 Å². The average molecular weight is 340 g/mol. The Morgan fingerprint density at radius 2 is 2.20 bits per heavy atom. The maximum atomic E-state index is 12.1. The van der Waals surface area contributed by atoms with Gasteiger partial charge in [0, 0.05) is 18.2 Å². The molecule has 0 spiro atoms. The van der Waals surface area contributed by atoms with Crippen molar-refractivity contribution in [3.05, 3.63) is 35.7 Å². The van der Waals surface area contributed by atoms with Crippen LogP contribution in [0.5, 0.6) is 0 Å². The van der Waals surface area contributed by atoms with E-state index >= 15 is 0 Å². The number of methoxy groups -OCH3 is 1. The Bertz CT molecular complexity index is 819. The summed E-state index contributed by atoms with van der Waals surface area (Å²) in [5.41, 5.74) is -0.644. The van der Waals surface area contributed by atoms with Gasteiger partial charge in [-0.05, 0) is 23.5 Å². The van der Waals surface area contributed by atoms with Gasteiger partial charge in [-0.3, -0.25) is 4.79 Å². The largest absolute Gasteiger partial charge is 0.481 e. The van der Waals surface area contributed by atoms with Crippen LogP contribution in [0, 0.1) is 40.4 Å². The van der Waals surface area contributed by atoms with Crippen LogP contribution in [-0.4, -0.2) is 28.7 Å². The normalized spacial score (nSPS) is 23.6. The second-order valence-corrected chi connectivity index (χ2v) is 6.67. The SMILES string of the molecule is C#CCn1ccc(C[C@@]2(C(=O)O)C(C=CC(=O)OC)C2(C)C)c1C#N. The number of carbonyl (C=O) groups excluding carboxylic acids is 1. The molecule has 1 fully saturated rings. The first-order valence-corrected chi connectivity index (χ1v) is 7.77. The summed E-state index contributed by atoms with van der Waals surface area (Å²) in [6.45, 7) is 3.94. The molecule has 0 saturated heterocycles. The predicted molar refractivity (Wildman–Crippen MR) is 90.2 cm³/mol. The third kappa shape index (κ3) is 2.81. The van der Waals surface area contributed by atoms with Gasteiger partial charge in [0.25, 0.3) is 0 Å². The molecular weight excluding hydrogens is 320 g/mol. The lowest BCUT2D eigenvalue weighted by atomic mass is 9.88. The highest BCUT2D eigenvalue weighted by molar-refractivity contribution is 5.85. The van der Waals surface area contributed by atoms with Gasteiger partial charge in [0.1, 0.15) is 11.8 Å². The molecule has 0 bridgehead atoms. The van der Waals surface area contributed by atoms with Crippen molar-refractivity contribution < 1.29 is 19.4 Å². The Balaban J connectivity index is 2.39. The topological polar surface area (TPSA) is 92.3 Å². The standard InChI is InChI=1S/C19H20N2O4/c1-5-9-21-10-8-13(14(21)12-20)11-19(17(23)24)15(18(19,2)3)6-7-16(22)25-4/h1,6-8,10,15H,9,11H2,2-4H3,(H,23,24)/t15?,19-/m0/s1. The lowest BCUT2D eigenvalue weighted by Crippen LogP contribution is -2.24. The van der Waals surface area contributed by atoms with E-state index in [0.29, 0.717) is 11.3 Å². The molecule has 1 aliphatic rings. The summed E-state index contributed by atoms with van der Waals surface area (Å²) in [7, 11) is 1.27. The summed E-state index contributed by atoms with van der Waals surface area (Å²) in [6.07, 6.45) is 10.0. The molecule has 1 saturated carbocycles. The van der Waals surface area contributed by atoms with E-state index in [1.807, 2.05) is 13.8 Å². The number of ether oxygens (including phenoxy) is 1. The van der Waals surface area contributed by atoms with Gasteiger partial charge in [0.2, 0.25) is 0 Å². The number of aliphatic carboxylic acids is 1. The second kappa shape index (κ2) is 6.49. The molecule has 6 heteroatoms. The third-order valence-corrected chi connectivity index (χ3v) is 5.27. The summed E-state index contributed by atoms with van der Waals surface area (Å²) in [5.74, 6) is 0.641. The van der Waals surface area contributed by atoms with Gasteiger partial charge in [-0.25, -0.2) is 4.79 Å². The number of aromatic nitrogens is 1. The van der Waals surface area contributed by atoms with Crippen molar-refractivity contribution >= 4 is 11.9 Å². The fourth-order valence-electron chi connectivity index (χ4n) is 3.69. The van der Waals surface area contributed by atoms with Crippen molar-refractivity contribution in [3.63, 3.8) is 0 Å². The highest BCUT2D eigenvalue weighted by Gasteiger charge is 2.74. The van der Waals surface area contributed by atoms with Crippen molar-refractivity contribution in [2.45, 2.75) is 26.8 Å². The van der Waals surface area contributed by atoms with Crippen LogP contribution in [0.15, 0.2) is 24.4 Å². The zero-order chi connectivity index (χ0) is 18.8. The van der Waals surface area contributed by atoms with Gasteiger partial charge in [0.05, 0.1) is 19.1 Å². The van der Waals surface area contributed by atoms with Crippen molar-refractivity contribution in [2.24, 2.45) is 16.7 Å². The number of hydrogen-bond acceptors (Lipinski definition) is 4. The molecule has 0 aromatic carbocycles. The minimum atomic E-state index is -1.09. The van der Waals surface area contributed by atoms with Gasteiger partial charge in [-0.1, -0.05) is 25.8 Å². The summed E-state index contributed by atoms with van der Waals surface area (Å²) >= 11 is 0. The van der Waals surface area contributed by atoms with Gasteiger partial charge in [-0.2, -0.15) is 5.26 Å². The number of carboxylic acid groups (broad SMARTS) is 1.